The molecule has 1 saturated heterocycles. The number of methoxy groups -OCH3 is 1. The first-order chi connectivity index (χ1) is 9.28. The predicted molar refractivity (Wildman–Crippen MR) is 73.4 cm³/mol. The highest BCUT2D eigenvalue weighted by molar-refractivity contribution is 5.90. The molecule has 1 aromatic carbocycles. The molecule has 104 valence electrons. The highest BCUT2D eigenvalue weighted by Gasteiger charge is 2.19. The second kappa shape index (κ2) is 7.11. The lowest BCUT2D eigenvalue weighted by atomic mass is 9.99. The fourth-order valence-electron chi connectivity index (χ4n) is 1.84. The van der Waals surface area contributed by atoms with E-state index in [2.05, 4.69) is 10.6 Å². The fraction of sp³-hybridized carbons (Fsp3) is 0.500. The predicted octanol–water partition coefficient (Wildman–Crippen LogP) is 1.26. The molecule has 1 amide bonds. The summed E-state index contributed by atoms with van der Waals surface area (Å²) in [5.74, 6) is 1.33. The van der Waals surface area contributed by atoms with Gasteiger partial charge in [-0.2, -0.15) is 0 Å². The number of amides is 1. The van der Waals surface area contributed by atoms with Crippen LogP contribution in [-0.4, -0.2) is 39.3 Å². The van der Waals surface area contributed by atoms with Crippen molar-refractivity contribution in [3.05, 3.63) is 24.3 Å². The minimum atomic E-state index is 0.0690. The molecule has 0 aliphatic carbocycles. The van der Waals surface area contributed by atoms with E-state index < -0.39 is 0 Å². The molecule has 1 aliphatic rings. The van der Waals surface area contributed by atoms with E-state index in [1.807, 2.05) is 24.3 Å². The number of ether oxygens (including phenoxy) is 2. The summed E-state index contributed by atoms with van der Waals surface area (Å²) in [5, 5.41) is 6.04. The van der Waals surface area contributed by atoms with Crippen LogP contribution in [0.1, 0.15) is 6.42 Å². The van der Waals surface area contributed by atoms with Crippen molar-refractivity contribution in [2.24, 2.45) is 5.92 Å². The van der Waals surface area contributed by atoms with E-state index in [1.54, 1.807) is 7.11 Å². The summed E-state index contributed by atoms with van der Waals surface area (Å²) in [4.78, 5) is 11.7. The van der Waals surface area contributed by atoms with Gasteiger partial charge in [-0.05, 0) is 43.3 Å². The molecule has 1 heterocycles. The molecule has 1 aromatic rings. The first-order valence-corrected chi connectivity index (χ1v) is 6.50. The number of nitrogens with one attached hydrogen (secondary N) is 2. The lowest BCUT2D eigenvalue weighted by Crippen LogP contribution is -2.43. The quantitative estimate of drug-likeness (QED) is 0.728. The van der Waals surface area contributed by atoms with Gasteiger partial charge in [0, 0.05) is 19.2 Å². The van der Waals surface area contributed by atoms with Crippen LogP contribution >= 0.6 is 0 Å². The Balaban J connectivity index is 1.75. The Bertz CT molecular complexity index is 402. The third kappa shape index (κ3) is 4.54. The number of benzene rings is 1. The third-order valence-corrected chi connectivity index (χ3v) is 3.03. The summed E-state index contributed by atoms with van der Waals surface area (Å²) in [7, 11) is 1.64. The van der Waals surface area contributed by atoms with E-state index in [9.17, 15) is 4.79 Å². The highest BCUT2D eigenvalue weighted by atomic mass is 16.5. The Morgan fingerprint density at radius 1 is 1.32 bits per heavy atom. The molecule has 5 heteroatoms. The maximum absolute atomic E-state index is 11.7. The highest BCUT2D eigenvalue weighted by Crippen LogP contribution is 2.17. The average Bonchev–Trinajstić information content (AvgIpc) is 2.36. The molecule has 0 radical (unpaired) electrons. The molecule has 1 fully saturated rings. The van der Waals surface area contributed by atoms with Crippen molar-refractivity contribution in [2.45, 2.75) is 6.42 Å². The number of carbonyl (C=O) groups is 1. The van der Waals surface area contributed by atoms with Crippen LogP contribution in [0.2, 0.25) is 0 Å². The third-order valence-electron chi connectivity index (χ3n) is 3.03. The van der Waals surface area contributed by atoms with Crippen molar-refractivity contribution in [1.82, 2.24) is 5.32 Å². The van der Waals surface area contributed by atoms with Crippen LogP contribution < -0.4 is 15.4 Å². The van der Waals surface area contributed by atoms with Crippen LogP contribution in [0.5, 0.6) is 5.75 Å². The summed E-state index contributed by atoms with van der Waals surface area (Å²) < 4.78 is 10.4. The van der Waals surface area contributed by atoms with Gasteiger partial charge in [-0.25, -0.2) is 0 Å². The zero-order valence-corrected chi connectivity index (χ0v) is 11.1. The summed E-state index contributed by atoms with van der Waals surface area (Å²) in [5.41, 5.74) is 0.802. The van der Waals surface area contributed by atoms with Gasteiger partial charge >= 0.3 is 0 Å². The van der Waals surface area contributed by atoms with E-state index in [0.29, 0.717) is 25.6 Å². The van der Waals surface area contributed by atoms with Crippen LogP contribution in [0.15, 0.2) is 24.3 Å². The topological polar surface area (TPSA) is 59.6 Å². The Labute approximate surface area is 113 Å². The van der Waals surface area contributed by atoms with Crippen LogP contribution in [0, 0.1) is 5.92 Å². The monoisotopic (exact) mass is 264 g/mol. The minimum Gasteiger partial charge on any atom is -0.491 e. The van der Waals surface area contributed by atoms with E-state index in [4.69, 9.17) is 9.47 Å². The molecule has 0 saturated carbocycles. The smallest absolute Gasteiger partial charge is 0.224 e. The second-order valence-corrected chi connectivity index (χ2v) is 4.64. The van der Waals surface area contributed by atoms with Gasteiger partial charge in [0.15, 0.2) is 0 Å². The van der Waals surface area contributed by atoms with Gasteiger partial charge in [0.2, 0.25) is 5.91 Å². The van der Waals surface area contributed by atoms with Gasteiger partial charge in [-0.15, -0.1) is 0 Å². The molecule has 5 nitrogen and oxygen atoms in total. The van der Waals surface area contributed by atoms with Crippen LogP contribution in [0.25, 0.3) is 0 Å². The molecule has 0 atom stereocenters. The number of rotatable bonds is 7. The van der Waals surface area contributed by atoms with Crippen molar-refractivity contribution in [2.75, 3.05) is 38.7 Å². The average molecular weight is 264 g/mol. The molecule has 2 rings (SSSR count). The maximum Gasteiger partial charge on any atom is 0.224 e. The first-order valence-electron chi connectivity index (χ1n) is 6.50. The molecule has 0 bridgehead atoms. The van der Waals surface area contributed by atoms with E-state index >= 15 is 0 Å². The summed E-state index contributed by atoms with van der Waals surface area (Å²) in [6.07, 6.45) is 0.582. The van der Waals surface area contributed by atoms with Gasteiger partial charge in [0.25, 0.3) is 0 Å². The standard InChI is InChI=1S/C14H20N2O3/c1-18-6-7-19-13-4-2-12(3-5-13)16-14(17)8-11-9-15-10-11/h2-5,11,15H,6-10H2,1H3,(H,16,17). The van der Waals surface area contributed by atoms with Crippen molar-refractivity contribution in [3.8, 4) is 5.75 Å². The second-order valence-electron chi connectivity index (χ2n) is 4.64. The largest absolute Gasteiger partial charge is 0.491 e. The van der Waals surface area contributed by atoms with Crippen LogP contribution in [-0.2, 0) is 9.53 Å². The molecular weight excluding hydrogens is 244 g/mol. The van der Waals surface area contributed by atoms with Gasteiger partial charge in [0.1, 0.15) is 12.4 Å². The Hall–Kier alpha value is -1.59. The lowest BCUT2D eigenvalue weighted by molar-refractivity contribution is -0.117. The summed E-state index contributed by atoms with van der Waals surface area (Å²) in [6, 6.07) is 7.38. The molecule has 0 unspecified atom stereocenters. The van der Waals surface area contributed by atoms with Gasteiger partial charge in [-0.3, -0.25) is 4.79 Å². The van der Waals surface area contributed by atoms with Crippen molar-refractivity contribution in [1.29, 1.82) is 0 Å². The normalized spacial score (nSPS) is 14.8. The Morgan fingerprint density at radius 3 is 2.63 bits per heavy atom. The van der Waals surface area contributed by atoms with E-state index in [1.165, 1.54) is 0 Å². The maximum atomic E-state index is 11.7. The van der Waals surface area contributed by atoms with Crippen molar-refractivity contribution >= 4 is 11.6 Å². The van der Waals surface area contributed by atoms with Gasteiger partial charge < -0.3 is 20.1 Å². The fourth-order valence-corrected chi connectivity index (χ4v) is 1.84. The number of carbonyl (C=O) groups excluding carboxylic acids is 1. The van der Waals surface area contributed by atoms with Crippen LogP contribution in [0.3, 0.4) is 0 Å². The van der Waals surface area contributed by atoms with E-state index in [0.717, 1.165) is 24.5 Å². The molecule has 1 aliphatic heterocycles. The number of hydrogen-bond acceptors (Lipinski definition) is 4. The molecule has 19 heavy (non-hydrogen) atoms. The Kier molecular flexibility index (Phi) is 5.18. The SMILES string of the molecule is COCCOc1ccc(NC(=O)CC2CNC2)cc1. The summed E-state index contributed by atoms with van der Waals surface area (Å²) >= 11 is 0. The van der Waals surface area contributed by atoms with Crippen molar-refractivity contribution < 1.29 is 14.3 Å². The zero-order valence-electron chi connectivity index (χ0n) is 11.1. The molecule has 2 N–H and O–H groups in total. The molecule has 0 spiro atoms. The summed E-state index contributed by atoms with van der Waals surface area (Å²) in [6.45, 7) is 2.98. The van der Waals surface area contributed by atoms with E-state index in [-0.39, 0.29) is 5.91 Å². The lowest BCUT2D eigenvalue weighted by Gasteiger charge is -2.26. The van der Waals surface area contributed by atoms with Gasteiger partial charge in [0.05, 0.1) is 6.61 Å². The van der Waals surface area contributed by atoms with Gasteiger partial charge in [-0.1, -0.05) is 0 Å². The first kappa shape index (κ1) is 13.8. The van der Waals surface area contributed by atoms with Crippen molar-refractivity contribution in [3.63, 3.8) is 0 Å². The molecular formula is C14H20N2O3. The Morgan fingerprint density at radius 2 is 2.05 bits per heavy atom. The van der Waals surface area contributed by atoms with Crippen LogP contribution in [0.4, 0.5) is 5.69 Å². The number of hydrogen-bond donors (Lipinski definition) is 2. The minimum absolute atomic E-state index is 0.0690. The molecule has 0 aromatic heterocycles. The number of anilines is 1. The zero-order chi connectivity index (χ0) is 13.5.